The van der Waals surface area contributed by atoms with Crippen LogP contribution in [-0.2, 0) is 6.42 Å². The van der Waals surface area contributed by atoms with Gasteiger partial charge < -0.3 is 4.74 Å². The third-order valence-electron chi connectivity index (χ3n) is 6.65. The van der Waals surface area contributed by atoms with E-state index in [2.05, 4.69) is 54.0 Å². The minimum absolute atomic E-state index is 0.201. The molecule has 36 heavy (non-hydrogen) atoms. The maximum absolute atomic E-state index is 8.25. The lowest BCUT2D eigenvalue weighted by Crippen LogP contribution is -2.07. The molecule has 0 bridgehead atoms. The molecule has 3 heteroatoms. The molecule has 0 spiro atoms. The summed E-state index contributed by atoms with van der Waals surface area (Å²) in [7, 11) is 0. The summed E-state index contributed by atoms with van der Waals surface area (Å²) < 4.78 is 48.8. The van der Waals surface area contributed by atoms with Gasteiger partial charge in [0.05, 0.1) is 18.1 Å². The Morgan fingerprint density at radius 2 is 1.31 bits per heavy atom. The lowest BCUT2D eigenvalue weighted by atomic mass is 9.98. The molecule has 1 aromatic heterocycles. The number of para-hydroxylation sites is 2. The molecule has 0 amide bonds. The first-order chi connectivity index (χ1) is 19.9. The first-order valence-electron chi connectivity index (χ1n) is 14.5. The van der Waals surface area contributed by atoms with Crippen molar-refractivity contribution in [2.75, 3.05) is 0 Å². The van der Waals surface area contributed by atoms with Gasteiger partial charge in [-0.25, -0.2) is 4.98 Å². The molecule has 0 saturated carbocycles. The van der Waals surface area contributed by atoms with Gasteiger partial charge in [-0.1, -0.05) is 97.8 Å². The Morgan fingerprint density at radius 1 is 0.694 bits per heavy atom. The molecule has 0 atom stereocenters. The van der Waals surface area contributed by atoms with E-state index < -0.39 is 0 Å². The maximum Gasteiger partial charge on any atom is 0.154 e. The highest BCUT2D eigenvalue weighted by atomic mass is 16.5. The van der Waals surface area contributed by atoms with E-state index in [1.54, 1.807) is 12.1 Å². The number of ether oxygens (including phenoxy) is 1. The van der Waals surface area contributed by atoms with Crippen LogP contribution in [0.4, 0.5) is 0 Å². The molecule has 0 saturated heterocycles. The van der Waals surface area contributed by atoms with Crippen LogP contribution in [0.25, 0.3) is 50.1 Å². The van der Waals surface area contributed by atoms with E-state index in [1.807, 2.05) is 30.3 Å². The summed E-state index contributed by atoms with van der Waals surface area (Å²) in [5, 5.41) is 0. The number of hydrogen-bond acceptors (Lipinski definition) is 2. The summed E-state index contributed by atoms with van der Waals surface area (Å²) in [6.45, 7) is 2.11. The number of aromatic nitrogens is 2. The highest BCUT2D eigenvalue weighted by molar-refractivity contribution is 5.92. The summed E-state index contributed by atoms with van der Waals surface area (Å²) in [4.78, 5) is 4.94. The minimum atomic E-state index is -0.389. The molecule has 7 rings (SSSR count). The van der Waals surface area contributed by atoms with Crippen molar-refractivity contribution in [3.8, 4) is 50.6 Å². The van der Waals surface area contributed by atoms with E-state index in [9.17, 15) is 0 Å². The fourth-order valence-electron chi connectivity index (χ4n) is 4.89. The molecule has 1 aliphatic rings. The van der Waals surface area contributed by atoms with E-state index in [4.69, 9.17) is 16.6 Å². The Bertz CT molecular complexity index is 1970. The van der Waals surface area contributed by atoms with E-state index in [1.165, 1.54) is 0 Å². The van der Waals surface area contributed by atoms with Gasteiger partial charge in [0.15, 0.2) is 11.5 Å². The summed E-state index contributed by atoms with van der Waals surface area (Å²) in [5.41, 5.74) is 7.70. The molecule has 1 aliphatic heterocycles. The van der Waals surface area contributed by atoms with Crippen LogP contribution in [0.2, 0.25) is 0 Å². The van der Waals surface area contributed by atoms with Gasteiger partial charge in [0, 0.05) is 6.42 Å². The topological polar surface area (TPSA) is 27.1 Å². The fraction of sp³-hybridized carbons (Fsp3) is 0.0606. The van der Waals surface area contributed by atoms with Gasteiger partial charge in [-0.2, -0.15) is 0 Å². The fourth-order valence-corrected chi connectivity index (χ4v) is 4.89. The zero-order valence-corrected chi connectivity index (χ0v) is 19.6. The second-order valence-corrected chi connectivity index (χ2v) is 8.78. The van der Waals surface area contributed by atoms with Crippen LogP contribution in [0.1, 0.15) is 19.6 Å². The smallest absolute Gasteiger partial charge is 0.154 e. The largest absolute Gasteiger partial charge is 0.453 e. The van der Waals surface area contributed by atoms with E-state index >= 15 is 0 Å². The number of rotatable bonds is 4. The van der Waals surface area contributed by atoms with E-state index in [-0.39, 0.29) is 35.8 Å². The quantitative estimate of drug-likeness (QED) is 0.258. The van der Waals surface area contributed by atoms with Crippen LogP contribution in [0.5, 0.6) is 11.5 Å². The maximum atomic E-state index is 8.25. The number of aryl methyl sites for hydroxylation is 1. The number of imidazole rings is 1. The lowest BCUT2D eigenvalue weighted by molar-refractivity contribution is 0.474. The van der Waals surface area contributed by atoms with Crippen LogP contribution in [0, 0.1) is 0 Å². The van der Waals surface area contributed by atoms with Gasteiger partial charge in [-0.3, -0.25) is 4.57 Å². The molecule has 5 aromatic carbocycles. The molecule has 0 radical (unpaired) electrons. The van der Waals surface area contributed by atoms with Crippen LogP contribution in [0.3, 0.4) is 0 Å². The van der Waals surface area contributed by atoms with Crippen LogP contribution in [-0.4, -0.2) is 9.55 Å². The first kappa shape index (κ1) is 16.1. The molecule has 2 heterocycles. The second kappa shape index (κ2) is 8.24. The SMILES string of the molecule is [2H]c1c([2H])c([2H])c(-c2ccc(-c3ccc(-c4cc5c6c(c4)nc(CC)n6-c4ccccc4O5)cc3)cc2)c([2H])c1[2H]. The van der Waals surface area contributed by atoms with Gasteiger partial charge >= 0.3 is 0 Å². The Balaban J connectivity index is 1.23. The summed E-state index contributed by atoms with van der Waals surface area (Å²) in [6, 6.07) is 26.4. The lowest BCUT2D eigenvalue weighted by Gasteiger charge is -2.21. The van der Waals surface area contributed by atoms with E-state index in [0.29, 0.717) is 5.56 Å². The summed E-state index contributed by atoms with van der Waals surface area (Å²) >= 11 is 0. The zero-order valence-electron chi connectivity index (χ0n) is 24.6. The van der Waals surface area contributed by atoms with Crippen molar-refractivity contribution in [3.63, 3.8) is 0 Å². The zero-order chi connectivity index (χ0) is 28.4. The van der Waals surface area contributed by atoms with Gasteiger partial charge in [-0.15, -0.1) is 0 Å². The van der Waals surface area contributed by atoms with Crippen molar-refractivity contribution in [2.45, 2.75) is 13.3 Å². The van der Waals surface area contributed by atoms with Gasteiger partial charge in [-0.05, 0) is 57.6 Å². The van der Waals surface area contributed by atoms with Crippen molar-refractivity contribution in [1.29, 1.82) is 0 Å². The molecule has 6 aromatic rings. The molecule has 0 unspecified atom stereocenters. The third-order valence-corrected chi connectivity index (χ3v) is 6.65. The van der Waals surface area contributed by atoms with Gasteiger partial charge in [0.1, 0.15) is 11.3 Å². The Morgan fingerprint density at radius 3 is 1.97 bits per heavy atom. The van der Waals surface area contributed by atoms with Gasteiger partial charge in [0.2, 0.25) is 0 Å². The van der Waals surface area contributed by atoms with Crippen molar-refractivity contribution >= 4 is 11.0 Å². The molecule has 0 aliphatic carbocycles. The normalized spacial score (nSPS) is 13.8. The first-order valence-corrected chi connectivity index (χ1v) is 12.0. The standard InChI is InChI=1S/C33H24N2O/c1-2-32-34-28-20-27(21-31-33(28)35(32)29-10-6-7-11-30(29)36-31)26-18-16-25(17-19-26)24-14-12-23(13-15-24)22-8-4-3-5-9-22/h3-21H,2H2,1H3/i3D,4D,5D,8D,9D. The molecule has 0 fully saturated rings. The highest BCUT2D eigenvalue weighted by Crippen LogP contribution is 2.43. The second-order valence-electron chi connectivity index (χ2n) is 8.78. The number of hydrogen-bond donors (Lipinski definition) is 0. The van der Waals surface area contributed by atoms with Crippen LogP contribution >= 0.6 is 0 Å². The van der Waals surface area contributed by atoms with Crippen molar-refractivity contribution in [1.82, 2.24) is 9.55 Å². The van der Waals surface area contributed by atoms with Crippen LogP contribution < -0.4 is 4.74 Å². The molecular weight excluding hydrogens is 440 g/mol. The number of benzene rings is 5. The van der Waals surface area contributed by atoms with E-state index in [0.717, 1.165) is 62.7 Å². The third kappa shape index (κ3) is 3.32. The van der Waals surface area contributed by atoms with Crippen LogP contribution in [0.15, 0.2) is 115 Å². The Hall–Kier alpha value is -4.63. The summed E-state index contributed by atoms with van der Waals surface area (Å²) in [5.74, 6) is 2.60. The predicted molar refractivity (Wildman–Crippen MR) is 147 cm³/mol. The van der Waals surface area contributed by atoms with Crippen molar-refractivity contribution < 1.29 is 11.6 Å². The minimum Gasteiger partial charge on any atom is -0.453 e. The van der Waals surface area contributed by atoms with Crippen molar-refractivity contribution in [3.05, 3.63) is 121 Å². The molecule has 0 N–H and O–H groups in total. The molecule has 172 valence electrons. The van der Waals surface area contributed by atoms with Crippen molar-refractivity contribution in [2.24, 2.45) is 0 Å². The van der Waals surface area contributed by atoms with Gasteiger partial charge in [0.25, 0.3) is 0 Å². The molecular formula is C33H24N2O. The Kier molecular flexibility index (Phi) is 3.69. The average Bonchev–Trinajstić information content (AvgIpc) is 3.39. The number of nitrogens with zero attached hydrogens (tertiary/aromatic N) is 2. The summed E-state index contributed by atoms with van der Waals surface area (Å²) in [6.07, 6.45) is 0.807. The predicted octanol–water partition coefficient (Wildman–Crippen LogP) is 8.69. The molecule has 3 nitrogen and oxygen atoms in total. The monoisotopic (exact) mass is 469 g/mol. The number of fused-ring (bicyclic) bond motifs is 2. The Labute approximate surface area is 217 Å². The highest BCUT2D eigenvalue weighted by Gasteiger charge is 2.24. The average molecular weight is 470 g/mol.